The highest BCUT2D eigenvalue weighted by atomic mass is 16.2. The number of amides is 1. The van der Waals surface area contributed by atoms with Crippen molar-refractivity contribution in [3.8, 4) is 0 Å². The average molecular weight is 211 g/mol. The number of likely N-dealkylation sites (N-methyl/N-ethyl adjacent to an activating group) is 1. The van der Waals surface area contributed by atoms with Gasteiger partial charge in [0.2, 0.25) is 5.91 Å². The number of rotatable bonds is 4. The van der Waals surface area contributed by atoms with Crippen LogP contribution in [0.3, 0.4) is 0 Å². The maximum absolute atomic E-state index is 11.8. The molecule has 0 aromatic carbocycles. The first-order valence-corrected chi connectivity index (χ1v) is 5.88. The molecule has 1 amide bonds. The Labute approximate surface area is 91.4 Å². The van der Waals surface area contributed by atoms with Gasteiger partial charge in [-0.3, -0.25) is 9.69 Å². The molecule has 4 nitrogen and oxygen atoms in total. The number of carbonyl (C=O) groups excluding carboxylic acids is 1. The van der Waals surface area contributed by atoms with Gasteiger partial charge in [-0.15, -0.1) is 0 Å². The molecular formula is C11H21N3O. The van der Waals surface area contributed by atoms with Crippen molar-refractivity contribution in [3.63, 3.8) is 0 Å². The van der Waals surface area contributed by atoms with Gasteiger partial charge in [-0.1, -0.05) is 0 Å². The predicted octanol–water partition coefficient (Wildman–Crippen LogP) is -0.112. The van der Waals surface area contributed by atoms with E-state index >= 15 is 0 Å². The van der Waals surface area contributed by atoms with E-state index in [1.807, 2.05) is 11.9 Å². The lowest BCUT2D eigenvalue weighted by molar-refractivity contribution is -0.131. The Hall–Kier alpha value is -0.610. The van der Waals surface area contributed by atoms with E-state index in [1.54, 1.807) is 0 Å². The number of hydrogen-bond donors (Lipinski definition) is 1. The summed E-state index contributed by atoms with van der Waals surface area (Å²) in [5.41, 5.74) is 5.62. The molecule has 4 heteroatoms. The van der Waals surface area contributed by atoms with Gasteiger partial charge in [-0.25, -0.2) is 0 Å². The van der Waals surface area contributed by atoms with Gasteiger partial charge in [0.25, 0.3) is 0 Å². The highest BCUT2D eigenvalue weighted by Gasteiger charge is 2.31. The second kappa shape index (κ2) is 4.49. The summed E-state index contributed by atoms with van der Waals surface area (Å²) in [5, 5.41) is 0. The molecule has 1 saturated carbocycles. The number of likely N-dealkylation sites (tertiary alicyclic amines) is 1. The number of carbonyl (C=O) groups is 1. The molecule has 2 aliphatic rings. The van der Waals surface area contributed by atoms with Gasteiger partial charge in [0.15, 0.2) is 0 Å². The number of hydrogen-bond acceptors (Lipinski definition) is 3. The third-order valence-electron chi connectivity index (χ3n) is 3.55. The summed E-state index contributed by atoms with van der Waals surface area (Å²) in [7, 11) is 1.93. The van der Waals surface area contributed by atoms with Gasteiger partial charge in [-0.2, -0.15) is 0 Å². The first-order chi connectivity index (χ1) is 7.20. The molecule has 0 aromatic rings. The van der Waals surface area contributed by atoms with Crippen molar-refractivity contribution in [2.24, 2.45) is 11.7 Å². The topological polar surface area (TPSA) is 49.6 Å². The van der Waals surface area contributed by atoms with E-state index in [0.29, 0.717) is 18.5 Å². The average Bonchev–Trinajstić information content (AvgIpc) is 2.98. The van der Waals surface area contributed by atoms with Gasteiger partial charge in [0.05, 0.1) is 6.54 Å². The Kier molecular flexibility index (Phi) is 3.26. The summed E-state index contributed by atoms with van der Waals surface area (Å²) < 4.78 is 0. The monoisotopic (exact) mass is 211 g/mol. The van der Waals surface area contributed by atoms with Gasteiger partial charge in [-0.05, 0) is 38.3 Å². The fourth-order valence-electron chi connectivity index (χ4n) is 2.22. The van der Waals surface area contributed by atoms with E-state index in [0.717, 1.165) is 26.1 Å². The Morgan fingerprint density at radius 1 is 1.47 bits per heavy atom. The zero-order valence-corrected chi connectivity index (χ0v) is 9.48. The minimum atomic E-state index is 0.273. The number of nitrogens with two attached hydrogens (primary N) is 1. The van der Waals surface area contributed by atoms with E-state index in [2.05, 4.69) is 4.90 Å². The van der Waals surface area contributed by atoms with Crippen LogP contribution in [0.15, 0.2) is 0 Å². The lowest BCUT2D eigenvalue weighted by atomic mass is 10.1. The van der Waals surface area contributed by atoms with E-state index < -0.39 is 0 Å². The summed E-state index contributed by atoms with van der Waals surface area (Å²) in [4.78, 5) is 16.0. The molecule has 1 aliphatic carbocycles. The molecule has 0 aromatic heterocycles. The van der Waals surface area contributed by atoms with Crippen LogP contribution in [0.2, 0.25) is 0 Å². The summed E-state index contributed by atoms with van der Waals surface area (Å²) in [6.07, 6.45) is 3.53. The molecule has 0 radical (unpaired) electrons. The first kappa shape index (κ1) is 10.9. The van der Waals surface area contributed by atoms with E-state index in [9.17, 15) is 4.79 Å². The molecule has 1 atom stereocenters. The molecule has 0 bridgehead atoms. The highest BCUT2D eigenvalue weighted by molar-refractivity contribution is 5.78. The predicted molar refractivity (Wildman–Crippen MR) is 59.4 cm³/mol. The van der Waals surface area contributed by atoms with Gasteiger partial charge in [0.1, 0.15) is 0 Å². The highest BCUT2D eigenvalue weighted by Crippen LogP contribution is 2.25. The number of nitrogens with zero attached hydrogens (tertiary/aromatic N) is 2. The Morgan fingerprint density at radius 2 is 2.20 bits per heavy atom. The summed E-state index contributed by atoms with van der Waals surface area (Å²) >= 11 is 0. The Balaban J connectivity index is 1.74. The molecule has 86 valence electrons. The van der Waals surface area contributed by atoms with E-state index in [1.165, 1.54) is 12.8 Å². The maximum atomic E-state index is 11.8. The third kappa shape index (κ3) is 2.69. The van der Waals surface area contributed by atoms with Crippen molar-refractivity contribution in [1.82, 2.24) is 9.80 Å². The molecule has 2 fully saturated rings. The van der Waals surface area contributed by atoms with Gasteiger partial charge >= 0.3 is 0 Å². The van der Waals surface area contributed by atoms with Gasteiger partial charge in [0, 0.05) is 19.6 Å². The minimum Gasteiger partial charge on any atom is -0.342 e. The van der Waals surface area contributed by atoms with Crippen molar-refractivity contribution in [2.45, 2.75) is 25.3 Å². The van der Waals surface area contributed by atoms with Crippen molar-refractivity contribution >= 4 is 5.91 Å². The largest absolute Gasteiger partial charge is 0.342 e. The smallest absolute Gasteiger partial charge is 0.236 e. The zero-order chi connectivity index (χ0) is 10.8. The molecule has 1 unspecified atom stereocenters. The van der Waals surface area contributed by atoms with Crippen LogP contribution in [0.1, 0.15) is 19.3 Å². The van der Waals surface area contributed by atoms with Crippen LogP contribution in [-0.4, -0.2) is 55.0 Å². The van der Waals surface area contributed by atoms with Crippen molar-refractivity contribution in [1.29, 1.82) is 0 Å². The summed E-state index contributed by atoms with van der Waals surface area (Å²) in [5.74, 6) is 0.874. The standard InChI is InChI=1S/C11H21N3O/c1-13(10-2-3-10)11(15)8-14-5-4-9(6-12)7-14/h9-10H,2-8,12H2,1H3. The fraction of sp³-hybridized carbons (Fsp3) is 0.909. The normalized spacial score (nSPS) is 26.9. The molecule has 1 aliphatic heterocycles. The molecular weight excluding hydrogens is 190 g/mol. The van der Waals surface area contributed by atoms with Gasteiger partial charge < -0.3 is 10.6 Å². The quantitative estimate of drug-likeness (QED) is 0.706. The summed E-state index contributed by atoms with van der Waals surface area (Å²) in [6, 6.07) is 0.533. The van der Waals surface area contributed by atoms with E-state index in [4.69, 9.17) is 5.73 Å². The molecule has 2 N–H and O–H groups in total. The van der Waals surface area contributed by atoms with Crippen molar-refractivity contribution < 1.29 is 4.79 Å². The van der Waals surface area contributed by atoms with E-state index in [-0.39, 0.29) is 5.91 Å². The second-order valence-electron chi connectivity index (χ2n) is 4.86. The fourth-order valence-corrected chi connectivity index (χ4v) is 2.22. The van der Waals surface area contributed by atoms with Crippen LogP contribution in [0, 0.1) is 5.92 Å². The van der Waals surface area contributed by atoms with Crippen molar-refractivity contribution in [3.05, 3.63) is 0 Å². The lowest BCUT2D eigenvalue weighted by Crippen LogP contribution is -2.38. The second-order valence-corrected chi connectivity index (χ2v) is 4.86. The minimum absolute atomic E-state index is 0.273. The van der Waals surface area contributed by atoms with Crippen LogP contribution in [0.4, 0.5) is 0 Å². The molecule has 15 heavy (non-hydrogen) atoms. The molecule has 0 spiro atoms. The first-order valence-electron chi connectivity index (χ1n) is 5.88. The Bertz CT molecular complexity index is 240. The summed E-state index contributed by atoms with van der Waals surface area (Å²) in [6.45, 7) is 3.37. The van der Waals surface area contributed by atoms with Crippen LogP contribution in [0.5, 0.6) is 0 Å². The van der Waals surface area contributed by atoms with Crippen LogP contribution in [0.25, 0.3) is 0 Å². The maximum Gasteiger partial charge on any atom is 0.236 e. The van der Waals surface area contributed by atoms with Crippen LogP contribution in [-0.2, 0) is 4.79 Å². The zero-order valence-electron chi connectivity index (χ0n) is 9.48. The third-order valence-corrected chi connectivity index (χ3v) is 3.55. The molecule has 1 heterocycles. The Morgan fingerprint density at radius 3 is 2.73 bits per heavy atom. The SMILES string of the molecule is CN(C(=O)CN1CCC(CN)C1)C1CC1. The lowest BCUT2D eigenvalue weighted by Gasteiger charge is -2.21. The van der Waals surface area contributed by atoms with Crippen LogP contribution >= 0.6 is 0 Å². The molecule has 2 rings (SSSR count). The van der Waals surface area contributed by atoms with Crippen molar-refractivity contribution in [2.75, 3.05) is 33.2 Å². The molecule has 1 saturated heterocycles. The van der Waals surface area contributed by atoms with Crippen LogP contribution < -0.4 is 5.73 Å².